The molecular formula is C15H17N3O3. The summed E-state index contributed by atoms with van der Waals surface area (Å²) in [7, 11) is 1.34. The molecule has 2 rings (SSSR count). The van der Waals surface area contributed by atoms with Crippen LogP contribution >= 0.6 is 0 Å². The molecule has 0 unspecified atom stereocenters. The number of hydrogen-bond donors (Lipinski definition) is 1. The van der Waals surface area contributed by atoms with Crippen LogP contribution in [0, 0.1) is 0 Å². The summed E-state index contributed by atoms with van der Waals surface area (Å²) < 4.78 is 0.892. The summed E-state index contributed by atoms with van der Waals surface area (Å²) in [5.74, 6) is -0.391. The Labute approximate surface area is 121 Å². The molecule has 2 aromatic rings. The molecule has 6 heteroatoms. The lowest BCUT2D eigenvalue weighted by Crippen LogP contribution is -2.40. The van der Waals surface area contributed by atoms with Crippen LogP contribution in [0.25, 0.3) is 0 Å². The van der Waals surface area contributed by atoms with Crippen molar-refractivity contribution in [1.29, 1.82) is 0 Å². The molecule has 6 nitrogen and oxygen atoms in total. The van der Waals surface area contributed by atoms with E-state index in [2.05, 4.69) is 4.98 Å². The number of rotatable bonds is 4. The molecule has 110 valence electrons. The van der Waals surface area contributed by atoms with Crippen LogP contribution in [0.1, 0.15) is 22.8 Å². The zero-order valence-electron chi connectivity index (χ0n) is 12.0. The average molecular weight is 287 g/mol. The number of nitrogens with one attached hydrogen (secondary N) is 1. The summed E-state index contributed by atoms with van der Waals surface area (Å²) in [6.07, 6.45) is 1.18. The van der Waals surface area contributed by atoms with E-state index >= 15 is 0 Å². The van der Waals surface area contributed by atoms with Crippen LogP contribution in [-0.4, -0.2) is 26.9 Å². The summed E-state index contributed by atoms with van der Waals surface area (Å²) in [5.41, 5.74) is -0.179. The van der Waals surface area contributed by atoms with Gasteiger partial charge in [-0.15, -0.1) is 0 Å². The molecule has 1 aromatic heterocycles. The molecule has 0 fully saturated rings. The first-order chi connectivity index (χ1) is 10.0. The van der Waals surface area contributed by atoms with Gasteiger partial charge in [0.05, 0.1) is 0 Å². The smallest absolute Gasteiger partial charge is 0.328 e. The number of carbonyl (C=O) groups excluding carboxylic acids is 1. The van der Waals surface area contributed by atoms with E-state index in [1.165, 1.54) is 13.2 Å². The Morgan fingerprint density at radius 3 is 2.52 bits per heavy atom. The Hall–Kier alpha value is -2.63. The number of hydrogen-bond acceptors (Lipinski definition) is 3. The number of benzene rings is 1. The third-order valence-corrected chi connectivity index (χ3v) is 3.30. The summed E-state index contributed by atoms with van der Waals surface area (Å²) >= 11 is 0. The fraction of sp³-hybridized carbons (Fsp3) is 0.267. The van der Waals surface area contributed by atoms with Gasteiger partial charge in [0, 0.05) is 26.3 Å². The van der Waals surface area contributed by atoms with Crippen LogP contribution < -0.4 is 11.2 Å². The van der Waals surface area contributed by atoms with Crippen molar-refractivity contribution in [3.63, 3.8) is 0 Å². The van der Waals surface area contributed by atoms with Crippen LogP contribution in [0.15, 0.2) is 46.1 Å². The topological polar surface area (TPSA) is 75.2 Å². The van der Waals surface area contributed by atoms with Crippen molar-refractivity contribution in [3.8, 4) is 0 Å². The zero-order chi connectivity index (χ0) is 15.4. The minimum Gasteiger partial charge on any atom is -0.334 e. The van der Waals surface area contributed by atoms with Crippen LogP contribution in [-0.2, 0) is 13.6 Å². The maximum Gasteiger partial charge on any atom is 0.328 e. The number of aromatic amines is 1. The lowest BCUT2D eigenvalue weighted by atomic mass is 10.2. The van der Waals surface area contributed by atoms with Crippen molar-refractivity contribution in [3.05, 3.63) is 68.5 Å². The lowest BCUT2D eigenvalue weighted by Gasteiger charge is -2.20. The summed E-state index contributed by atoms with van der Waals surface area (Å²) in [6.45, 7) is 2.73. The summed E-state index contributed by atoms with van der Waals surface area (Å²) in [4.78, 5) is 39.7. The van der Waals surface area contributed by atoms with Gasteiger partial charge >= 0.3 is 5.69 Å². The standard InChI is InChI=1S/C15H17N3O3/c1-3-18(10-11-7-5-4-6-8-11)14(20)12-9-16-15(21)17(2)13(12)19/h4-9H,3,10H2,1-2H3,(H,16,21). The number of nitrogens with zero attached hydrogens (tertiary/aromatic N) is 2. The molecule has 1 heterocycles. The number of carbonyl (C=O) groups is 1. The molecule has 0 radical (unpaired) electrons. The molecule has 0 aliphatic rings. The summed E-state index contributed by atoms with van der Waals surface area (Å²) in [5, 5.41) is 0. The second-order valence-corrected chi connectivity index (χ2v) is 4.68. The van der Waals surface area contributed by atoms with Gasteiger partial charge in [-0.1, -0.05) is 30.3 Å². The fourth-order valence-electron chi connectivity index (χ4n) is 2.02. The first-order valence-corrected chi connectivity index (χ1v) is 6.66. The predicted molar refractivity (Wildman–Crippen MR) is 79.2 cm³/mol. The largest absolute Gasteiger partial charge is 0.334 e. The molecule has 0 aliphatic carbocycles. The van der Waals surface area contributed by atoms with Gasteiger partial charge in [0.15, 0.2) is 0 Å². The van der Waals surface area contributed by atoms with Crippen LogP contribution in [0.3, 0.4) is 0 Å². The third-order valence-electron chi connectivity index (χ3n) is 3.30. The van der Waals surface area contributed by atoms with Gasteiger partial charge < -0.3 is 9.88 Å². The van der Waals surface area contributed by atoms with Crippen molar-refractivity contribution in [2.24, 2.45) is 7.05 Å². The molecule has 1 N–H and O–H groups in total. The Morgan fingerprint density at radius 2 is 1.90 bits per heavy atom. The maximum atomic E-state index is 12.5. The SMILES string of the molecule is CCN(Cc1ccccc1)C(=O)c1c[nH]c(=O)n(C)c1=O. The van der Waals surface area contributed by atoms with Gasteiger partial charge in [0.2, 0.25) is 0 Å². The van der Waals surface area contributed by atoms with Crippen molar-refractivity contribution in [1.82, 2.24) is 14.5 Å². The Morgan fingerprint density at radius 1 is 1.24 bits per heavy atom. The highest BCUT2D eigenvalue weighted by molar-refractivity contribution is 5.93. The first kappa shape index (κ1) is 14.8. The van der Waals surface area contributed by atoms with Gasteiger partial charge in [-0.25, -0.2) is 4.79 Å². The second kappa shape index (κ2) is 6.21. The zero-order valence-corrected chi connectivity index (χ0v) is 12.0. The van der Waals surface area contributed by atoms with Crippen molar-refractivity contribution in [2.45, 2.75) is 13.5 Å². The average Bonchev–Trinajstić information content (AvgIpc) is 2.51. The Kier molecular flexibility index (Phi) is 4.37. The normalized spacial score (nSPS) is 10.4. The minimum atomic E-state index is -0.588. The van der Waals surface area contributed by atoms with Gasteiger partial charge in [-0.2, -0.15) is 0 Å². The van der Waals surface area contributed by atoms with E-state index in [1.807, 2.05) is 37.3 Å². The van der Waals surface area contributed by atoms with Gasteiger partial charge in [0.25, 0.3) is 11.5 Å². The maximum absolute atomic E-state index is 12.5. The predicted octanol–water partition coefficient (Wildman–Crippen LogP) is 0.736. The highest BCUT2D eigenvalue weighted by Gasteiger charge is 2.19. The van der Waals surface area contributed by atoms with Crippen molar-refractivity contribution < 1.29 is 4.79 Å². The third kappa shape index (κ3) is 3.10. The van der Waals surface area contributed by atoms with Gasteiger partial charge in [-0.05, 0) is 12.5 Å². The molecule has 21 heavy (non-hydrogen) atoms. The second-order valence-electron chi connectivity index (χ2n) is 4.68. The van der Waals surface area contributed by atoms with E-state index in [-0.39, 0.29) is 5.56 Å². The molecule has 0 spiro atoms. The molecule has 0 saturated carbocycles. The van der Waals surface area contributed by atoms with E-state index in [1.54, 1.807) is 4.90 Å². The van der Waals surface area contributed by atoms with E-state index in [0.717, 1.165) is 10.1 Å². The van der Waals surface area contributed by atoms with Crippen LogP contribution in [0.4, 0.5) is 0 Å². The van der Waals surface area contributed by atoms with E-state index < -0.39 is 17.2 Å². The number of aromatic nitrogens is 2. The molecular weight excluding hydrogens is 270 g/mol. The molecule has 1 aromatic carbocycles. The van der Waals surface area contributed by atoms with Crippen LogP contribution in [0.5, 0.6) is 0 Å². The molecule has 0 saturated heterocycles. The van der Waals surface area contributed by atoms with Crippen molar-refractivity contribution >= 4 is 5.91 Å². The lowest BCUT2D eigenvalue weighted by molar-refractivity contribution is 0.0749. The highest BCUT2D eigenvalue weighted by atomic mass is 16.2. The van der Waals surface area contributed by atoms with E-state index in [4.69, 9.17) is 0 Å². The van der Waals surface area contributed by atoms with Crippen LogP contribution in [0.2, 0.25) is 0 Å². The van der Waals surface area contributed by atoms with E-state index in [9.17, 15) is 14.4 Å². The Bertz CT molecular complexity index is 747. The van der Waals surface area contributed by atoms with E-state index in [0.29, 0.717) is 13.1 Å². The highest BCUT2D eigenvalue weighted by Crippen LogP contribution is 2.07. The number of amides is 1. The first-order valence-electron chi connectivity index (χ1n) is 6.66. The Balaban J connectivity index is 2.31. The monoisotopic (exact) mass is 287 g/mol. The molecule has 0 aliphatic heterocycles. The van der Waals surface area contributed by atoms with Gasteiger partial charge in [-0.3, -0.25) is 14.2 Å². The number of H-pyrrole nitrogens is 1. The minimum absolute atomic E-state index is 0.0325. The molecule has 1 amide bonds. The molecule has 0 atom stereocenters. The van der Waals surface area contributed by atoms with Crippen molar-refractivity contribution in [2.75, 3.05) is 6.54 Å². The fourth-order valence-corrected chi connectivity index (χ4v) is 2.02. The summed E-state index contributed by atoms with van der Waals surface area (Å²) in [6, 6.07) is 9.53. The molecule has 0 bridgehead atoms. The van der Waals surface area contributed by atoms with Gasteiger partial charge in [0.1, 0.15) is 5.56 Å². The quantitative estimate of drug-likeness (QED) is 0.901.